The zero-order valence-corrected chi connectivity index (χ0v) is 12.2. The van der Waals surface area contributed by atoms with Gasteiger partial charge in [-0.05, 0) is 44.2 Å². The molecule has 0 spiro atoms. The highest BCUT2D eigenvalue weighted by Gasteiger charge is 2.32. The summed E-state index contributed by atoms with van der Waals surface area (Å²) in [4.78, 5) is 14.4. The summed E-state index contributed by atoms with van der Waals surface area (Å²) in [7, 11) is 0. The van der Waals surface area contributed by atoms with Gasteiger partial charge in [-0.3, -0.25) is 4.79 Å². The van der Waals surface area contributed by atoms with Crippen LogP contribution in [0.3, 0.4) is 0 Å². The molecule has 1 aromatic rings. The molecule has 2 fully saturated rings. The molecule has 2 aliphatic rings. The van der Waals surface area contributed by atoms with Crippen molar-refractivity contribution in [3.8, 4) is 0 Å². The van der Waals surface area contributed by atoms with Crippen LogP contribution in [0.2, 0.25) is 0 Å². The van der Waals surface area contributed by atoms with Gasteiger partial charge in [0.15, 0.2) is 0 Å². The second-order valence-electron chi connectivity index (χ2n) is 6.31. The maximum absolute atomic E-state index is 12.3. The SMILES string of the molecule is CC1CC(c2ccccc2)CN1C(=O)CNCC1CC1. The number of hydrogen-bond acceptors (Lipinski definition) is 2. The summed E-state index contributed by atoms with van der Waals surface area (Å²) in [6.07, 6.45) is 3.74. The first-order valence-corrected chi connectivity index (χ1v) is 7.79. The van der Waals surface area contributed by atoms with E-state index in [4.69, 9.17) is 0 Å². The number of carbonyl (C=O) groups excluding carboxylic acids is 1. The van der Waals surface area contributed by atoms with Gasteiger partial charge in [-0.25, -0.2) is 0 Å². The van der Waals surface area contributed by atoms with Crippen LogP contribution in [-0.4, -0.2) is 36.5 Å². The minimum Gasteiger partial charge on any atom is -0.338 e. The van der Waals surface area contributed by atoms with Gasteiger partial charge in [-0.1, -0.05) is 30.3 Å². The second-order valence-corrected chi connectivity index (χ2v) is 6.31. The van der Waals surface area contributed by atoms with Crippen LogP contribution in [0.5, 0.6) is 0 Å². The summed E-state index contributed by atoms with van der Waals surface area (Å²) in [5.74, 6) is 1.59. The van der Waals surface area contributed by atoms with Gasteiger partial charge < -0.3 is 10.2 Å². The van der Waals surface area contributed by atoms with E-state index in [1.165, 1.54) is 18.4 Å². The third kappa shape index (κ3) is 3.21. The van der Waals surface area contributed by atoms with Crippen LogP contribution in [0, 0.1) is 5.92 Å². The highest BCUT2D eigenvalue weighted by atomic mass is 16.2. The molecule has 3 nitrogen and oxygen atoms in total. The summed E-state index contributed by atoms with van der Waals surface area (Å²) in [6, 6.07) is 10.9. The summed E-state index contributed by atoms with van der Waals surface area (Å²) in [5.41, 5.74) is 1.36. The van der Waals surface area contributed by atoms with Crippen LogP contribution in [-0.2, 0) is 4.79 Å². The first-order chi connectivity index (χ1) is 9.74. The van der Waals surface area contributed by atoms with Crippen molar-refractivity contribution in [2.75, 3.05) is 19.6 Å². The fourth-order valence-electron chi connectivity index (χ4n) is 3.15. The van der Waals surface area contributed by atoms with Crippen LogP contribution >= 0.6 is 0 Å². The monoisotopic (exact) mass is 272 g/mol. The molecule has 2 unspecified atom stereocenters. The summed E-state index contributed by atoms with van der Waals surface area (Å²) in [5, 5.41) is 3.31. The number of benzene rings is 1. The number of rotatable bonds is 5. The Labute approximate surface area is 121 Å². The van der Waals surface area contributed by atoms with Crippen LogP contribution in [0.25, 0.3) is 0 Å². The number of hydrogen-bond donors (Lipinski definition) is 1. The second kappa shape index (κ2) is 5.96. The molecule has 1 saturated heterocycles. The Kier molecular flexibility index (Phi) is 4.06. The van der Waals surface area contributed by atoms with E-state index >= 15 is 0 Å². The van der Waals surface area contributed by atoms with Crippen molar-refractivity contribution >= 4 is 5.91 Å². The first kappa shape index (κ1) is 13.6. The average molecular weight is 272 g/mol. The van der Waals surface area contributed by atoms with Gasteiger partial charge in [0.2, 0.25) is 5.91 Å². The van der Waals surface area contributed by atoms with Gasteiger partial charge in [-0.2, -0.15) is 0 Å². The molecule has 0 radical (unpaired) electrons. The number of likely N-dealkylation sites (tertiary alicyclic amines) is 1. The molecule has 1 aliphatic carbocycles. The maximum atomic E-state index is 12.3. The summed E-state index contributed by atoms with van der Waals surface area (Å²) < 4.78 is 0. The Bertz CT molecular complexity index is 455. The number of nitrogens with one attached hydrogen (secondary N) is 1. The predicted octanol–water partition coefficient (Wildman–Crippen LogP) is 2.39. The van der Waals surface area contributed by atoms with Crippen LogP contribution in [0.15, 0.2) is 30.3 Å². The van der Waals surface area contributed by atoms with Crippen LogP contribution < -0.4 is 5.32 Å². The van der Waals surface area contributed by atoms with Crippen molar-refractivity contribution in [1.29, 1.82) is 0 Å². The van der Waals surface area contributed by atoms with E-state index < -0.39 is 0 Å². The maximum Gasteiger partial charge on any atom is 0.236 e. The molecule has 1 saturated carbocycles. The Morgan fingerprint density at radius 2 is 2.05 bits per heavy atom. The van der Waals surface area contributed by atoms with E-state index in [1.807, 2.05) is 6.07 Å². The van der Waals surface area contributed by atoms with Gasteiger partial charge in [0.25, 0.3) is 0 Å². The third-order valence-corrected chi connectivity index (χ3v) is 4.57. The van der Waals surface area contributed by atoms with E-state index in [0.29, 0.717) is 18.5 Å². The number of carbonyl (C=O) groups is 1. The van der Waals surface area contributed by atoms with Gasteiger partial charge in [0.05, 0.1) is 6.54 Å². The number of nitrogens with zero attached hydrogens (tertiary/aromatic N) is 1. The molecule has 2 atom stereocenters. The Balaban J connectivity index is 1.53. The van der Waals surface area contributed by atoms with Gasteiger partial charge in [0.1, 0.15) is 0 Å². The fraction of sp³-hybridized carbons (Fsp3) is 0.588. The van der Waals surface area contributed by atoms with E-state index in [-0.39, 0.29) is 5.91 Å². The van der Waals surface area contributed by atoms with E-state index in [9.17, 15) is 4.79 Å². The normalized spacial score (nSPS) is 25.9. The molecule has 0 aromatic heterocycles. The lowest BCUT2D eigenvalue weighted by molar-refractivity contribution is -0.130. The molecule has 1 heterocycles. The molecule has 3 rings (SSSR count). The van der Waals surface area contributed by atoms with Crippen molar-refractivity contribution in [3.05, 3.63) is 35.9 Å². The molecule has 3 heteroatoms. The molecule has 20 heavy (non-hydrogen) atoms. The molecular weight excluding hydrogens is 248 g/mol. The van der Waals surface area contributed by atoms with Gasteiger partial charge in [0, 0.05) is 18.5 Å². The fourth-order valence-corrected chi connectivity index (χ4v) is 3.15. The molecular formula is C17H24N2O. The smallest absolute Gasteiger partial charge is 0.236 e. The Morgan fingerprint density at radius 1 is 1.30 bits per heavy atom. The highest BCUT2D eigenvalue weighted by molar-refractivity contribution is 5.79. The molecule has 1 amide bonds. The standard InChI is InChI=1S/C17H24N2O/c1-13-9-16(15-5-3-2-4-6-15)12-19(13)17(20)11-18-10-14-7-8-14/h2-6,13-14,16,18H,7-12H2,1H3. The molecule has 1 aliphatic heterocycles. The average Bonchev–Trinajstić information content (AvgIpc) is 3.20. The lowest BCUT2D eigenvalue weighted by Crippen LogP contribution is -2.40. The van der Waals surface area contributed by atoms with Gasteiger partial charge >= 0.3 is 0 Å². The third-order valence-electron chi connectivity index (χ3n) is 4.57. The van der Waals surface area contributed by atoms with E-state index in [2.05, 4.69) is 41.4 Å². The van der Waals surface area contributed by atoms with Crippen LogP contribution in [0.1, 0.15) is 37.7 Å². The largest absolute Gasteiger partial charge is 0.338 e. The van der Waals surface area contributed by atoms with E-state index in [0.717, 1.165) is 25.4 Å². The van der Waals surface area contributed by atoms with Crippen LogP contribution in [0.4, 0.5) is 0 Å². The summed E-state index contributed by atoms with van der Waals surface area (Å²) >= 11 is 0. The molecule has 0 bridgehead atoms. The lowest BCUT2D eigenvalue weighted by atomic mass is 9.97. The minimum atomic E-state index is 0.261. The predicted molar refractivity (Wildman–Crippen MR) is 80.6 cm³/mol. The van der Waals surface area contributed by atoms with Crippen molar-refractivity contribution in [2.45, 2.75) is 38.1 Å². The summed E-state index contributed by atoms with van der Waals surface area (Å²) in [6.45, 7) is 4.55. The first-order valence-electron chi connectivity index (χ1n) is 7.79. The van der Waals surface area contributed by atoms with Gasteiger partial charge in [-0.15, -0.1) is 0 Å². The molecule has 108 valence electrons. The van der Waals surface area contributed by atoms with Crippen molar-refractivity contribution in [2.24, 2.45) is 5.92 Å². The highest BCUT2D eigenvalue weighted by Crippen LogP contribution is 2.31. The minimum absolute atomic E-state index is 0.261. The van der Waals surface area contributed by atoms with Crippen molar-refractivity contribution < 1.29 is 4.79 Å². The quantitative estimate of drug-likeness (QED) is 0.892. The lowest BCUT2D eigenvalue weighted by Gasteiger charge is -2.21. The molecule has 1 aromatic carbocycles. The Morgan fingerprint density at radius 3 is 2.75 bits per heavy atom. The van der Waals surface area contributed by atoms with Crippen molar-refractivity contribution in [1.82, 2.24) is 10.2 Å². The van der Waals surface area contributed by atoms with E-state index in [1.54, 1.807) is 0 Å². The Hall–Kier alpha value is -1.35. The topological polar surface area (TPSA) is 32.3 Å². The zero-order valence-electron chi connectivity index (χ0n) is 12.2. The van der Waals surface area contributed by atoms with Crippen molar-refractivity contribution in [3.63, 3.8) is 0 Å². The zero-order chi connectivity index (χ0) is 13.9. The number of amides is 1. The molecule has 1 N–H and O–H groups in total.